The van der Waals surface area contributed by atoms with Gasteiger partial charge >= 0.3 is 5.97 Å². The van der Waals surface area contributed by atoms with E-state index in [1.807, 2.05) is 30.5 Å². The summed E-state index contributed by atoms with van der Waals surface area (Å²) in [5, 5.41) is 3.54. The fourth-order valence-electron chi connectivity index (χ4n) is 3.23. The van der Waals surface area contributed by atoms with E-state index in [0.29, 0.717) is 11.6 Å². The second-order valence-electron chi connectivity index (χ2n) is 7.97. The zero-order chi connectivity index (χ0) is 19.4. The molecule has 1 saturated heterocycles. The number of nitrogens with one attached hydrogen (secondary N) is 1. The molecule has 2 aromatic rings. The summed E-state index contributed by atoms with van der Waals surface area (Å²) in [4.78, 5) is 23.2. The van der Waals surface area contributed by atoms with Gasteiger partial charge in [-0.25, -0.2) is 14.8 Å². The molecule has 0 bridgehead atoms. The molecule has 0 aliphatic carbocycles. The zero-order valence-corrected chi connectivity index (χ0v) is 16.5. The third-order valence-corrected chi connectivity index (χ3v) is 4.79. The molecule has 0 unspecified atom stereocenters. The fraction of sp³-hybridized carbons (Fsp3) is 0.476. The predicted molar refractivity (Wildman–Crippen MR) is 107 cm³/mol. The number of carbonyl (C=O) groups is 1. The number of esters is 1. The average Bonchev–Trinajstić information content (AvgIpc) is 2.67. The molecule has 1 N–H and O–H groups in total. The van der Waals surface area contributed by atoms with Crippen molar-refractivity contribution in [1.29, 1.82) is 0 Å². The standard InChI is InChI=1S/C21H28N4O2/c1-21(2,3)20-22-11-8-18(24-20)25-12-9-16(10-13-25)23-17-7-5-6-15(14-17)19(26)27-4/h5-8,11,14,16,23H,9-10,12-13H2,1-4H3. The van der Waals surface area contributed by atoms with Crippen LogP contribution in [0.2, 0.25) is 0 Å². The molecule has 1 aromatic heterocycles. The van der Waals surface area contributed by atoms with Crippen LogP contribution in [0.15, 0.2) is 36.5 Å². The van der Waals surface area contributed by atoms with Crippen molar-refractivity contribution in [1.82, 2.24) is 9.97 Å². The van der Waals surface area contributed by atoms with E-state index in [0.717, 1.165) is 43.3 Å². The Morgan fingerprint density at radius 1 is 1.22 bits per heavy atom. The number of benzene rings is 1. The van der Waals surface area contributed by atoms with Crippen molar-refractivity contribution in [2.75, 3.05) is 30.4 Å². The number of carbonyl (C=O) groups excluding carboxylic acids is 1. The maximum atomic E-state index is 11.7. The van der Waals surface area contributed by atoms with Crippen LogP contribution in [0.4, 0.5) is 11.5 Å². The minimum atomic E-state index is -0.313. The summed E-state index contributed by atoms with van der Waals surface area (Å²) in [6, 6.07) is 9.83. The van der Waals surface area contributed by atoms with Crippen molar-refractivity contribution in [2.24, 2.45) is 0 Å². The normalized spacial score (nSPS) is 15.5. The van der Waals surface area contributed by atoms with E-state index < -0.39 is 0 Å². The van der Waals surface area contributed by atoms with Crippen LogP contribution in [0.5, 0.6) is 0 Å². The molecule has 1 aliphatic heterocycles. The van der Waals surface area contributed by atoms with Gasteiger partial charge < -0.3 is 15.0 Å². The minimum absolute atomic E-state index is 0.0550. The highest BCUT2D eigenvalue weighted by atomic mass is 16.5. The van der Waals surface area contributed by atoms with Gasteiger partial charge in [-0.15, -0.1) is 0 Å². The SMILES string of the molecule is COC(=O)c1cccc(NC2CCN(c3ccnc(C(C)(C)C)n3)CC2)c1. The van der Waals surface area contributed by atoms with E-state index in [2.05, 4.69) is 36.0 Å². The van der Waals surface area contributed by atoms with Gasteiger partial charge in [-0.3, -0.25) is 0 Å². The van der Waals surface area contributed by atoms with Gasteiger partial charge in [0.25, 0.3) is 0 Å². The Bertz CT molecular complexity index is 793. The summed E-state index contributed by atoms with van der Waals surface area (Å²) in [6.07, 6.45) is 3.88. The van der Waals surface area contributed by atoms with Crippen LogP contribution in [0.25, 0.3) is 0 Å². The topological polar surface area (TPSA) is 67.3 Å². The number of rotatable bonds is 4. The van der Waals surface area contributed by atoms with Crippen LogP contribution in [0, 0.1) is 0 Å². The molecule has 0 spiro atoms. The van der Waals surface area contributed by atoms with Crippen molar-refractivity contribution >= 4 is 17.5 Å². The summed E-state index contributed by atoms with van der Waals surface area (Å²) < 4.78 is 4.79. The summed E-state index contributed by atoms with van der Waals surface area (Å²) in [6.45, 7) is 8.27. The minimum Gasteiger partial charge on any atom is -0.465 e. The van der Waals surface area contributed by atoms with Crippen molar-refractivity contribution < 1.29 is 9.53 Å². The van der Waals surface area contributed by atoms with Crippen LogP contribution in [-0.2, 0) is 10.2 Å². The predicted octanol–water partition coefficient (Wildman–Crippen LogP) is 3.64. The number of anilines is 2. The van der Waals surface area contributed by atoms with Gasteiger partial charge in [0.15, 0.2) is 0 Å². The lowest BCUT2D eigenvalue weighted by molar-refractivity contribution is 0.0601. The van der Waals surface area contributed by atoms with Crippen molar-refractivity contribution in [3.05, 3.63) is 47.9 Å². The van der Waals surface area contributed by atoms with Gasteiger partial charge in [0, 0.05) is 36.4 Å². The van der Waals surface area contributed by atoms with Crippen LogP contribution < -0.4 is 10.2 Å². The number of hydrogen-bond donors (Lipinski definition) is 1. The number of hydrogen-bond acceptors (Lipinski definition) is 6. The van der Waals surface area contributed by atoms with Gasteiger partial charge in [0.05, 0.1) is 12.7 Å². The third-order valence-electron chi connectivity index (χ3n) is 4.79. The second-order valence-corrected chi connectivity index (χ2v) is 7.97. The maximum Gasteiger partial charge on any atom is 0.337 e. The summed E-state index contributed by atoms with van der Waals surface area (Å²) in [5.74, 6) is 1.56. The molecule has 6 heteroatoms. The molecule has 0 atom stereocenters. The molecule has 1 fully saturated rings. The molecule has 3 rings (SSSR count). The highest BCUT2D eigenvalue weighted by Gasteiger charge is 2.23. The first-order valence-electron chi connectivity index (χ1n) is 9.40. The Morgan fingerprint density at radius 3 is 2.63 bits per heavy atom. The van der Waals surface area contributed by atoms with Crippen LogP contribution >= 0.6 is 0 Å². The Kier molecular flexibility index (Phi) is 5.63. The number of piperidine rings is 1. The monoisotopic (exact) mass is 368 g/mol. The summed E-state index contributed by atoms with van der Waals surface area (Å²) >= 11 is 0. The first-order valence-corrected chi connectivity index (χ1v) is 9.40. The van der Waals surface area contributed by atoms with E-state index >= 15 is 0 Å². The maximum absolute atomic E-state index is 11.7. The summed E-state index contributed by atoms with van der Waals surface area (Å²) in [5.41, 5.74) is 1.46. The third kappa shape index (κ3) is 4.76. The molecule has 1 aliphatic rings. The molecule has 27 heavy (non-hydrogen) atoms. The van der Waals surface area contributed by atoms with Gasteiger partial charge in [-0.05, 0) is 37.1 Å². The fourth-order valence-corrected chi connectivity index (χ4v) is 3.23. The van der Waals surface area contributed by atoms with E-state index in [1.54, 1.807) is 6.07 Å². The van der Waals surface area contributed by atoms with Crippen molar-refractivity contribution in [2.45, 2.75) is 45.1 Å². The van der Waals surface area contributed by atoms with Crippen LogP contribution in [-0.4, -0.2) is 42.2 Å². The molecule has 0 radical (unpaired) electrons. The number of ether oxygens (including phenoxy) is 1. The average molecular weight is 368 g/mol. The lowest BCUT2D eigenvalue weighted by Crippen LogP contribution is -2.39. The van der Waals surface area contributed by atoms with Gasteiger partial charge in [0.1, 0.15) is 11.6 Å². The molecule has 2 heterocycles. The van der Waals surface area contributed by atoms with Crippen LogP contribution in [0.3, 0.4) is 0 Å². The molecule has 144 valence electrons. The highest BCUT2D eigenvalue weighted by Crippen LogP contribution is 2.24. The van der Waals surface area contributed by atoms with Gasteiger partial charge in [0.2, 0.25) is 0 Å². The van der Waals surface area contributed by atoms with Gasteiger partial charge in [-0.1, -0.05) is 26.8 Å². The lowest BCUT2D eigenvalue weighted by Gasteiger charge is -2.34. The molecule has 6 nitrogen and oxygen atoms in total. The number of methoxy groups -OCH3 is 1. The Balaban J connectivity index is 1.60. The quantitative estimate of drug-likeness (QED) is 0.831. The smallest absolute Gasteiger partial charge is 0.337 e. The lowest BCUT2D eigenvalue weighted by atomic mass is 9.96. The first kappa shape index (κ1) is 19.1. The van der Waals surface area contributed by atoms with Crippen molar-refractivity contribution in [3.63, 3.8) is 0 Å². The van der Waals surface area contributed by atoms with Crippen LogP contribution in [0.1, 0.15) is 49.8 Å². The van der Waals surface area contributed by atoms with Gasteiger partial charge in [-0.2, -0.15) is 0 Å². The van der Waals surface area contributed by atoms with E-state index in [-0.39, 0.29) is 11.4 Å². The van der Waals surface area contributed by atoms with E-state index in [1.165, 1.54) is 7.11 Å². The molecule has 0 amide bonds. The first-order chi connectivity index (χ1) is 12.9. The Hall–Kier alpha value is -2.63. The van der Waals surface area contributed by atoms with E-state index in [9.17, 15) is 4.79 Å². The second kappa shape index (κ2) is 7.94. The Morgan fingerprint density at radius 2 is 1.96 bits per heavy atom. The number of nitrogens with zero attached hydrogens (tertiary/aromatic N) is 3. The number of aromatic nitrogens is 2. The Labute approximate surface area is 161 Å². The summed E-state index contributed by atoms with van der Waals surface area (Å²) in [7, 11) is 1.40. The highest BCUT2D eigenvalue weighted by molar-refractivity contribution is 5.90. The van der Waals surface area contributed by atoms with Crippen molar-refractivity contribution in [3.8, 4) is 0 Å². The molecular formula is C21H28N4O2. The largest absolute Gasteiger partial charge is 0.465 e. The van der Waals surface area contributed by atoms with E-state index in [4.69, 9.17) is 9.72 Å². The molecular weight excluding hydrogens is 340 g/mol. The zero-order valence-electron chi connectivity index (χ0n) is 16.5. The molecule has 1 aromatic carbocycles. The molecule has 0 saturated carbocycles.